The third-order valence-corrected chi connectivity index (χ3v) is 3.94. The highest BCUT2D eigenvalue weighted by Crippen LogP contribution is 2.30. The van der Waals surface area contributed by atoms with Crippen molar-refractivity contribution in [3.63, 3.8) is 0 Å². The second-order valence-electron chi connectivity index (χ2n) is 3.81. The van der Waals surface area contributed by atoms with Crippen molar-refractivity contribution in [1.82, 2.24) is 0 Å². The number of halogens is 4. The third kappa shape index (κ3) is 3.70. The molecule has 0 spiro atoms. The number of carbonyl (C=O) groups is 1. The van der Waals surface area contributed by atoms with Crippen molar-refractivity contribution in [2.75, 3.05) is 10.6 Å². The summed E-state index contributed by atoms with van der Waals surface area (Å²) in [5.41, 5.74) is 0.923. The fourth-order valence-corrected chi connectivity index (χ4v) is 2.10. The van der Waals surface area contributed by atoms with Crippen LogP contribution in [0.25, 0.3) is 0 Å². The molecular weight excluding hydrogens is 342 g/mol. The maximum atomic E-state index is 11.8. The number of urea groups is 1. The summed E-state index contributed by atoms with van der Waals surface area (Å²) in [6.07, 6.45) is 0. The summed E-state index contributed by atoms with van der Waals surface area (Å²) in [5, 5.41) is 6.60. The van der Waals surface area contributed by atoms with Gasteiger partial charge in [0, 0.05) is 5.69 Å². The molecule has 0 fully saturated rings. The molecule has 2 amide bonds. The van der Waals surface area contributed by atoms with E-state index in [9.17, 15) is 4.79 Å². The quantitative estimate of drug-likeness (QED) is 0.691. The first-order chi connectivity index (χ1) is 9.47. The molecular formula is C13H8Cl4N2O. The highest BCUT2D eigenvalue weighted by Gasteiger charge is 2.09. The molecule has 2 rings (SSSR count). The first kappa shape index (κ1) is 15.3. The van der Waals surface area contributed by atoms with Gasteiger partial charge in [-0.3, -0.25) is 0 Å². The molecule has 0 bridgehead atoms. The Morgan fingerprint density at radius 3 is 2.30 bits per heavy atom. The summed E-state index contributed by atoms with van der Waals surface area (Å²) in [7, 11) is 0. The zero-order chi connectivity index (χ0) is 14.7. The van der Waals surface area contributed by atoms with Crippen LogP contribution in [0.4, 0.5) is 16.2 Å². The fraction of sp³-hybridized carbons (Fsp3) is 0. The van der Waals surface area contributed by atoms with Gasteiger partial charge < -0.3 is 10.6 Å². The van der Waals surface area contributed by atoms with Gasteiger partial charge in [-0.1, -0.05) is 52.5 Å². The van der Waals surface area contributed by atoms with Crippen LogP contribution in [0.1, 0.15) is 0 Å². The fourth-order valence-electron chi connectivity index (χ4n) is 1.46. The highest BCUT2D eigenvalue weighted by atomic mass is 35.5. The largest absolute Gasteiger partial charge is 0.323 e. The molecule has 0 aliphatic rings. The first-order valence-electron chi connectivity index (χ1n) is 5.44. The van der Waals surface area contributed by atoms with Crippen LogP contribution in [0.15, 0.2) is 36.4 Å². The summed E-state index contributed by atoms with van der Waals surface area (Å²) in [6, 6.07) is 9.26. The number of nitrogens with one attached hydrogen (secondary N) is 2. The maximum Gasteiger partial charge on any atom is 0.323 e. The Hall–Kier alpha value is -1.13. The van der Waals surface area contributed by atoms with Crippen LogP contribution in [-0.2, 0) is 0 Å². The van der Waals surface area contributed by atoms with Crippen molar-refractivity contribution >= 4 is 63.8 Å². The predicted octanol–water partition coefficient (Wildman–Crippen LogP) is 5.94. The van der Waals surface area contributed by atoms with Crippen LogP contribution in [-0.4, -0.2) is 6.03 Å². The molecule has 20 heavy (non-hydrogen) atoms. The SMILES string of the molecule is O=C(Nc1ccc(Cl)c(Cl)c1)Nc1cccc(Cl)c1Cl. The highest BCUT2D eigenvalue weighted by molar-refractivity contribution is 6.44. The smallest absolute Gasteiger partial charge is 0.308 e. The zero-order valence-electron chi connectivity index (χ0n) is 9.88. The van der Waals surface area contributed by atoms with Gasteiger partial charge in [-0.25, -0.2) is 4.79 Å². The molecule has 0 aliphatic carbocycles. The molecule has 0 atom stereocenters. The van der Waals surface area contributed by atoms with Gasteiger partial charge in [0.1, 0.15) is 0 Å². The van der Waals surface area contributed by atoms with Crippen molar-refractivity contribution in [3.8, 4) is 0 Å². The van der Waals surface area contributed by atoms with Crippen LogP contribution >= 0.6 is 46.4 Å². The summed E-state index contributed by atoms with van der Waals surface area (Å²) in [4.78, 5) is 11.8. The average Bonchev–Trinajstić information content (AvgIpc) is 2.39. The Kier molecular flexibility index (Phi) is 5.00. The van der Waals surface area contributed by atoms with Gasteiger partial charge in [0.2, 0.25) is 0 Å². The number of amides is 2. The van der Waals surface area contributed by atoms with Crippen LogP contribution in [0, 0.1) is 0 Å². The maximum absolute atomic E-state index is 11.8. The number of rotatable bonds is 2. The lowest BCUT2D eigenvalue weighted by Gasteiger charge is -2.10. The minimum Gasteiger partial charge on any atom is -0.308 e. The molecule has 0 heterocycles. The summed E-state index contributed by atoms with van der Waals surface area (Å²) >= 11 is 23.5. The van der Waals surface area contributed by atoms with E-state index in [0.717, 1.165) is 0 Å². The summed E-state index contributed by atoms with van der Waals surface area (Å²) in [6.45, 7) is 0. The normalized spacial score (nSPS) is 10.2. The van der Waals surface area contributed by atoms with Gasteiger partial charge in [-0.15, -0.1) is 0 Å². The number of hydrogen-bond acceptors (Lipinski definition) is 1. The number of carbonyl (C=O) groups excluding carboxylic acids is 1. The van der Waals surface area contributed by atoms with Gasteiger partial charge in [-0.05, 0) is 30.3 Å². The van der Waals surface area contributed by atoms with E-state index in [1.165, 1.54) is 0 Å². The van der Waals surface area contributed by atoms with E-state index in [1.54, 1.807) is 36.4 Å². The Morgan fingerprint density at radius 1 is 0.850 bits per heavy atom. The lowest BCUT2D eigenvalue weighted by atomic mass is 10.3. The Balaban J connectivity index is 2.09. The van der Waals surface area contributed by atoms with Crippen molar-refractivity contribution in [2.24, 2.45) is 0 Å². The van der Waals surface area contributed by atoms with E-state index in [2.05, 4.69) is 10.6 Å². The molecule has 2 aromatic carbocycles. The van der Waals surface area contributed by atoms with E-state index >= 15 is 0 Å². The molecule has 0 unspecified atom stereocenters. The molecule has 0 aliphatic heterocycles. The van der Waals surface area contributed by atoms with Crippen molar-refractivity contribution in [2.45, 2.75) is 0 Å². The van der Waals surface area contributed by atoms with E-state index in [4.69, 9.17) is 46.4 Å². The van der Waals surface area contributed by atoms with Crippen molar-refractivity contribution < 1.29 is 4.79 Å². The minimum absolute atomic E-state index is 0.276. The molecule has 0 saturated carbocycles. The Labute approximate surface area is 135 Å². The lowest BCUT2D eigenvalue weighted by Crippen LogP contribution is -2.19. The zero-order valence-corrected chi connectivity index (χ0v) is 12.9. The van der Waals surface area contributed by atoms with Crippen LogP contribution < -0.4 is 10.6 Å². The Bertz CT molecular complexity index is 661. The topological polar surface area (TPSA) is 41.1 Å². The van der Waals surface area contributed by atoms with Gasteiger partial charge in [0.15, 0.2) is 0 Å². The second kappa shape index (κ2) is 6.55. The molecule has 104 valence electrons. The first-order valence-corrected chi connectivity index (χ1v) is 6.95. The minimum atomic E-state index is -0.465. The van der Waals surface area contributed by atoms with E-state index in [0.29, 0.717) is 26.4 Å². The molecule has 0 radical (unpaired) electrons. The molecule has 2 N–H and O–H groups in total. The predicted molar refractivity (Wildman–Crippen MR) is 85.6 cm³/mol. The number of benzene rings is 2. The van der Waals surface area contributed by atoms with E-state index < -0.39 is 6.03 Å². The number of anilines is 2. The molecule has 7 heteroatoms. The summed E-state index contributed by atoms with van der Waals surface area (Å²) < 4.78 is 0. The van der Waals surface area contributed by atoms with Gasteiger partial charge in [0.25, 0.3) is 0 Å². The Morgan fingerprint density at radius 2 is 1.60 bits per heavy atom. The van der Waals surface area contributed by atoms with Crippen LogP contribution in [0.2, 0.25) is 20.1 Å². The summed E-state index contributed by atoms with van der Waals surface area (Å²) in [5.74, 6) is 0. The van der Waals surface area contributed by atoms with E-state index in [-0.39, 0.29) is 5.02 Å². The molecule has 2 aromatic rings. The second-order valence-corrected chi connectivity index (χ2v) is 5.41. The van der Waals surface area contributed by atoms with Crippen LogP contribution in [0.3, 0.4) is 0 Å². The van der Waals surface area contributed by atoms with Crippen molar-refractivity contribution in [1.29, 1.82) is 0 Å². The van der Waals surface area contributed by atoms with Gasteiger partial charge in [-0.2, -0.15) is 0 Å². The van der Waals surface area contributed by atoms with Crippen molar-refractivity contribution in [3.05, 3.63) is 56.5 Å². The monoisotopic (exact) mass is 348 g/mol. The van der Waals surface area contributed by atoms with E-state index in [1.807, 2.05) is 0 Å². The number of hydrogen-bond donors (Lipinski definition) is 2. The standard InChI is InChI=1S/C13H8Cl4N2O/c14-8-5-4-7(6-10(8)16)18-13(20)19-11-3-1-2-9(15)12(11)17/h1-6H,(H2,18,19,20). The average molecular weight is 350 g/mol. The third-order valence-electron chi connectivity index (χ3n) is 2.38. The van der Waals surface area contributed by atoms with Crippen LogP contribution in [0.5, 0.6) is 0 Å². The van der Waals surface area contributed by atoms with Gasteiger partial charge in [0.05, 0.1) is 25.8 Å². The molecule has 3 nitrogen and oxygen atoms in total. The molecule has 0 aromatic heterocycles. The lowest BCUT2D eigenvalue weighted by molar-refractivity contribution is 0.262. The van der Waals surface area contributed by atoms with Gasteiger partial charge >= 0.3 is 6.03 Å². The molecule has 0 saturated heterocycles.